The topological polar surface area (TPSA) is 48.0 Å². The Kier molecular flexibility index (Phi) is 5.28. The van der Waals surface area contributed by atoms with Gasteiger partial charge in [0.2, 0.25) is 5.95 Å². The molecule has 35 heavy (non-hydrogen) atoms. The van der Waals surface area contributed by atoms with Crippen molar-refractivity contribution in [2.24, 2.45) is 12.0 Å². The lowest BCUT2D eigenvalue weighted by atomic mass is 10.1. The molecule has 0 fully saturated rings. The van der Waals surface area contributed by atoms with E-state index in [-0.39, 0.29) is 0 Å². The second-order valence-corrected chi connectivity index (χ2v) is 8.38. The number of aromatic nitrogens is 4. The van der Waals surface area contributed by atoms with Crippen LogP contribution in [0.2, 0.25) is 0 Å². The van der Waals surface area contributed by atoms with Crippen LogP contribution in [0.4, 0.5) is 5.69 Å². The maximum absolute atomic E-state index is 4.97. The first kappa shape index (κ1) is 20.8. The van der Waals surface area contributed by atoms with E-state index in [1.165, 1.54) is 0 Å². The number of pyridine rings is 1. The third-order valence-corrected chi connectivity index (χ3v) is 6.02. The fraction of sp³-hybridized carbons (Fsp3) is 0.0333. The molecule has 0 aliphatic rings. The van der Waals surface area contributed by atoms with Crippen molar-refractivity contribution in [2.75, 3.05) is 0 Å². The summed E-state index contributed by atoms with van der Waals surface area (Å²) < 4.78 is 4.04. The zero-order valence-electron chi connectivity index (χ0n) is 19.3. The van der Waals surface area contributed by atoms with E-state index in [4.69, 9.17) is 15.0 Å². The first-order chi connectivity index (χ1) is 17.2. The lowest BCUT2D eigenvalue weighted by Crippen LogP contribution is -2.15. The quantitative estimate of drug-likeness (QED) is 0.313. The van der Waals surface area contributed by atoms with Crippen molar-refractivity contribution in [2.45, 2.75) is 0 Å². The Morgan fingerprint density at radius 2 is 1.29 bits per heavy atom. The van der Waals surface area contributed by atoms with Gasteiger partial charge in [-0.05, 0) is 36.4 Å². The van der Waals surface area contributed by atoms with Crippen molar-refractivity contribution in [3.05, 3.63) is 127 Å². The highest BCUT2D eigenvalue weighted by Crippen LogP contribution is 2.28. The summed E-state index contributed by atoms with van der Waals surface area (Å²) in [6.45, 7) is 0. The highest BCUT2D eigenvalue weighted by atomic mass is 15.1. The van der Waals surface area contributed by atoms with E-state index < -0.39 is 0 Å². The molecule has 0 saturated heterocycles. The van der Waals surface area contributed by atoms with Gasteiger partial charge in [-0.2, -0.15) is 0 Å². The molecule has 0 aliphatic heterocycles. The Hall–Kier alpha value is -4.77. The standard InChI is InChI=1S/C30H23N5/c1-34-18-9-8-14-29(34)31-25-16-15-24-17-19-35(28(24)20-25)30-32-26(22-10-4-2-5-11-22)21-27(33-30)23-12-6-3-7-13-23/h2-21H,1H3. The van der Waals surface area contributed by atoms with E-state index in [0.29, 0.717) is 5.95 Å². The predicted octanol–water partition coefficient (Wildman–Crippen LogP) is 6.33. The van der Waals surface area contributed by atoms with E-state index in [1.54, 1.807) is 0 Å². The van der Waals surface area contributed by atoms with Gasteiger partial charge in [0, 0.05) is 36.0 Å². The molecule has 5 nitrogen and oxygen atoms in total. The molecule has 3 heterocycles. The number of rotatable bonds is 4. The summed E-state index contributed by atoms with van der Waals surface area (Å²) >= 11 is 0. The summed E-state index contributed by atoms with van der Waals surface area (Å²) in [6.07, 6.45) is 4.02. The van der Waals surface area contributed by atoms with Crippen LogP contribution in [-0.2, 0) is 7.05 Å². The van der Waals surface area contributed by atoms with E-state index >= 15 is 0 Å². The van der Waals surface area contributed by atoms with Crippen LogP contribution < -0.4 is 5.49 Å². The second kappa shape index (κ2) is 8.88. The molecule has 0 atom stereocenters. The normalized spacial score (nSPS) is 11.7. The number of nitrogens with zero attached hydrogens (tertiary/aromatic N) is 5. The summed E-state index contributed by atoms with van der Waals surface area (Å²) in [7, 11) is 1.99. The minimum Gasteiger partial charge on any atom is -0.336 e. The van der Waals surface area contributed by atoms with Gasteiger partial charge in [-0.15, -0.1) is 0 Å². The van der Waals surface area contributed by atoms with Crippen LogP contribution >= 0.6 is 0 Å². The SMILES string of the molecule is Cn1ccccc1=Nc1ccc2ccn(-c3nc(-c4ccccc4)cc(-c4ccccc4)n3)c2c1. The van der Waals surface area contributed by atoms with Gasteiger partial charge in [0.15, 0.2) is 0 Å². The average Bonchev–Trinajstić information content (AvgIpc) is 3.34. The Balaban J connectivity index is 1.54. The summed E-state index contributed by atoms with van der Waals surface area (Å²) in [5.41, 5.74) is 6.64. The summed E-state index contributed by atoms with van der Waals surface area (Å²) in [5.74, 6) is 0.627. The smallest absolute Gasteiger partial charge is 0.235 e. The Morgan fingerprint density at radius 1 is 0.629 bits per heavy atom. The minimum absolute atomic E-state index is 0.627. The number of benzene rings is 3. The van der Waals surface area contributed by atoms with Gasteiger partial charge in [-0.1, -0.05) is 72.8 Å². The van der Waals surface area contributed by atoms with Crippen LogP contribution in [0.15, 0.2) is 127 Å². The Labute approximate surface area is 203 Å². The molecule has 0 spiro atoms. The molecule has 6 aromatic rings. The maximum Gasteiger partial charge on any atom is 0.235 e. The highest BCUT2D eigenvalue weighted by molar-refractivity contribution is 5.84. The third kappa shape index (κ3) is 4.15. The van der Waals surface area contributed by atoms with E-state index in [2.05, 4.69) is 48.5 Å². The van der Waals surface area contributed by atoms with Crippen LogP contribution in [0.25, 0.3) is 39.4 Å². The van der Waals surface area contributed by atoms with Gasteiger partial charge in [-0.3, -0.25) is 4.57 Å². The monoisotopic (exact) mass is 453 g/mol. The number of hydrogen-bond donors (Lipinski definition) is 0. The zero-order chi connectivity index (χ0) is 23.6. The Morgan fingerprint density at radius 3 is 1.94 bits per heavy atom. The van der Waals surface area contributed by atoms with Gasteiger partial charge in [0.05, 0.1) is 22.6 Å². The molecular weight excluding hydrogens is 430 g/mol. The molecule has 0 unspecified atom stereocenters. The van der Waals surface area contributed by atoms with Crippen LogP contribution in [0.1, 0.15) is 0 Å². The molecule has 0 saturated carbocycles. The van der Waals surface area contributed by atoms with Crippen molar-refractivity contribution in [3.8, 4) is 28.5 Å². The van der Waals surface area contributed by atoms with Gasteiger partial charge >= 0.3 is 0 Å². The van der Waals surface area contributed by atoms with E-state index in [9.17, 15) is 0 Å². The van der Waals surface area contributed by atoms with Crippen molar-refractivity contribution in [1.82, 2.24) is 19.1 Å². The number of fused-ring (bicyclic) bond motifs is 1. The molecule has 0 radical (unpaired) electrons. The average molecular weight is 454 g/mol. The molecule has 0 N–H and O–H groups in total. The molecule has 0 aliphatic carbocycles. The van der Waals surface area contributed by atoms with Crippen molar-refractivity contribution < 1.29 is 0 Å². The van der Waals surface area contributed by atoms with Gasteiger partial charge in [0.25, 0.3) is 0 Å². The van der Waals surface area contributed by atoms with Gasteiger partial charge in [0.1, 0.15) is 5.49 Å². The molecule has 3 aromatic carbocycles. The predicted molar refractivity (Wildman–Crippen MR) is 140 cm³/mol. The van der Waals surface area contributed by atoms with Crippen molar-refractivity contribution in [3.63, 3.8) is 0 Å². The second-order valence-electron chi connectivity index (χ2n) is 8.38. The first-order valence-corrected chi connectivity index (χ1v) is 11.5. The van der Waals surface area contributed by atoms with E-state index in [1.807, 2.05) is 89.2 Å². The summed E-state index contributed by atoms with van der Waals surface area (Å²) in [5, 5.41) is 1.11. The largest absolute Gasteiger partial charge is 0.336 e. The molecule has 3 aromatic heterocycles. The maximum atomic E-state index is 4.97. The van der Waals surface area contributed by atoms with Crippen molar-refractivity contribution in [1.29, 1.82) is 0 Å². The zero-order valence-corrected chi connectivity index (χ0v) is 19.3. The molecule has 168 valence electrons. The van der Waals surface area contributed by atoms with Crippen LogP contribution in [0.5, 0.6) is 0 Å². The molecule has 6 rings (SSSR count). The van der Waals surface area contributed by atoms with Gasteiger partial charge < -0.3 is 4.57 Å². The lowest BCUT2D eigenvalue weighted by molar-refractivity contribution is 0.835. The first-order valence-electron chi connectivity index (χ1n) is 11.5. The van der Waals surface area contributed by atoms with Crippen LogP contribution in [-0.4, -0.2) is 19.1 Å². The molecule has 5 heteroatoms. The fourth-order valence-electron chi connectivity index (χ4n) is 4.18. The number of hydrogen-bond acceptors (Lipinski definition) is 3. The minimum atomic E-state index is 0.627. The van der Waals surface area contributed by atoms with Crippen molar-refractivity contribution >= 4 is 16.6 Å². The lowest BCUT2D eigenvalue weighted by Gasteiger charge is -2.11. The molecular formula is C30H23N5. The summed E-state index contributed by atoms with van der Waals surface area (Å²) in [6, 6.07) is 36.8. The molecule has 0 amide bonds. The van der Waals surface area contributed by atoms with Crippen LogP contribution in [0.3, 0.4) is 0 Å². The fourth-order valence-corrected chi connectivity index (χ4v) is 4.18. The van der Waals surface area contributed by atoms with Crippen LogP contribution in [0, 0.1) is 0 Å². The third-order valence-electron chi connectivity index (χ3n) is 6.02. The highest BCUT2D eigenvalue weighted by Gasteiger charge is 2.12. The van der Waals surface area contributed by atoms with Gasteiger partial charge in [-0.25, -0.2) is 15.0 Å². The Bertz CT molecular complexity index is 1640. The summed E-state index contributed by atoms with van der Waals surface area (Å²) in [4.78, 5) is 14.8. The van der Waals surface area contributed by atoms with E-state index in [0.717, 1.165) is 44.6 Å². The molecule has 0 bridgehead atoms. The number of aryl methyl sites for hydroxylation is 1.